The zero-order valence-corrected chi connectivity index (χ0v) is 18.6. The van der Waals surface area contributed by atoms with E-state index in [9.17, 15) is 19.5 Å². The van der Waals surface area contributed by atoms with Crippen LogP contribution >= 0.6 is 34.4 Å². The molecule has 0 aliphatic carbocycles. The Morgan fingerprint density at radius 1 is 1.36 bits per heavy atom. The number of hydrogen-bond donors (Lipinski definition) is 4. The van der Waals surface area contributed by atoms with Crippen molar-refractivity contribution in [1.29, 1.82) is 0 Å². The Hall–Kier alpha value is -1.33. The van der Waals surface area contributed by atoms with Gasteiger partial charge in [-0.25, -0.2) is 0 Å². The standard InChI is InChI=1S/C19H26IN3O4S/c20-13-11-12(4-6-16(13)24)5-7-17(25)22-14(3-1-2-9-21)18(26)23-15-8-10-28-19(15)27/h4,6,11,14-15,24H,1-3,5,7-10,21H2,(H,22,25)(H,23,26)/t14-,15-/m0/s1. The third kappa shape index (κ3) is 7.25. The summed E-state index contributed by atoms with van der Waals surface area (Å²) in [7, 11) is 0. The summed E-state index contributed by atoms with van der Waals surface area (Å²) in [6.45, 7) is 0.527. The van der Waals surface area contributed by atoms with E-state index in [1.165, 1.54) is 11.8 Å². The molecule has 2 atom stereocenters. The van der Waals surface area contributed by atoms with Crippen LogP contribution in [0.2, 0.25) is 0 Å². The molecule has 0 aromatic heterocycles. The van der Waals surface area contributed by atoms with Crippen LogP contribution in [0.4, 0.5) is 0 Å². The van der Waals surface area contributed by atoms with Gasteiger partial charge in [0.1, 0.15) is 11.8 Å². The number of carbonyl (C=O) groups is 3. The van der Waals surface area contributed by atoms with Crippen LogP contribution in [-0.2, 0) is 20.8 Å². The normalized spacial score (nSPS) is 17.4. The number of nitrogens with one attached hydrogen (secondary N) is 2. The van der Waals surface area contributed by atoms with E-state index in [0.29, 0.717) is 31.6 Å². The third-order valence-corrected chi connectivity index (χ3v) is 6.38. The number of hydrogen-bond acceptors (Lipinski definition) is 6. The van der Waals surface area contributed by atoms with Crippen molar-refractivity contribution in [3.05, 3.63) is 27.3 Å². The Morgan fingerprint density at radius 2 is 2.14 bits per heavy atom. The summed E-state index contributed by atoms with van der Waals surface area (Å²) in [5, 5.41) is 15.1. The molecule has 1 aromatic rings. The van der Waals surface area contributed by atoms with Gasteiger partial charge in [-0.1, -0.05) is 17.8 Å². The minimum absolute atomic E-state index is 0.0256. The molecule has 0 saturated carbocycles. The molecule has 9 heteroatoms. The molecule has 0 radical (unpaired) electrons. The molecule has 2 amide bonds. The molecule has 2 rings (SSSR count). The summed E-state index contributed by atoms with van der Waals surface area (Å²) >= 11 is 3.26. The highest BCUT2D eigenvalue weighted by atomic mass is 127. The second-order valence-electron chi connectivity index (χ2n) is 6.71. The van der Waals surface area contributed by atoms with Crippen LogP contribution < -0.4 is 16.4 Å². The van der Waals surface area contributed by atoms with Gasteiger partial charge in [-0.2, -0.15) is 0 Å². The van der Waals surface area contributed by atoms with E-state index in [-0.39, 0.29) is 29.1 Å². The number of aromatic hydroxyl groups is 1. The van der Waals surface area contributed by atoms with Crippen LogP contribution in [0.3, 0.4) is 0 Å². The van der Waals surface area contributed by atoms with E-state index in [1.54, 1.807) is 12.1 Å². The molecule has 1 heterocycles. The van der Waals surface area contributed by atoms with Gasteiger partial charge in [0, 0.05) is 12.2 Å². The molecule has 1 aliphatic rings. The lowest BCUT2D eigenvalue weighted by atomic mass is 10.1. The Labute approximate surface area is 182 Å². The molecule has 1 aliphatic heterocycles. The lowest BCUT2D eigenvalue weighted by Crippen LogP contribution is -2.50. The van der Waals surface area contributed by atoms with E-state index in [1.807, 2.05) is 28.7 Å². The molecular weight excluding hydrogens is 493 g/mol. The molecule has 1 aromatic carbocycles. The number of thioether (sulfide) groups is 1. The van der Waals surface area contributed by atoms with Crippen LogP contribution in [0.15, 0.2) is 18.2 Å². The summed E-state index contributed by atoms with van der Waals surface area (Å²) < 4.78 is 0.730. The van der Waals surface area contributed by atoms with Crippen LogP contribution in [-0.4, -0.2) is 46.4 Å². The van der Waals surface area contributed by atoms with Crippen molar-refractivity contribution in [1.82, 2.24) is 10.6 Å². The van der Waals surface area contributed by atoms with Gasteiger partial charge in [0.05, 0.1) is 9.61 Å². The number of unbranched alkanes of at least 4 members (excludes halogenated alkanes) is 1. The van der Waals surface area contributed by atoms with E-state index in [4.69, 9.17) is 5.73 Å². The maximum atomic E-state index is 12.6. The number of amides is 2. The summed E-state index contributed by atoms with van der Waals surface area (Å²) in [6.07, 6.45) is 3.34. The van der Waals surface area contributed by atoms with Gasteiger partial charge in [-0.3, -0.25) is 14.4 Å². The van der Waals surface area contributed by atoms with Gasteiger partial charge in [0.25, 0.3) is 0 Å². The molecule has 0 spiro atoms. The van der Waals surface area contributed by atoms with Crippen molar-refractivity contribution in [2.24, 2.45) is 5.73 Å². The fourth-order valence-corrected chi connectivity index (χ4v) is 4.40. The number of phenolic OH excluding ortho intramolecular Hbond substituents is 1. The van der Waals surface area contributed by atoms with Crippen molar-refractivity contribution in [2.45, 2.75) is 50.6 Å². The van der Waals surface area contributed by atoms with Crippen LogP contribution in [0.5, 0.6) is 5.75 Å². The smallest absolute Gasteiger partial charge is 0.243 e. The maximum absolute atomic E-state index is 12.6. The van der Waals surface area contributed by atoms with Crippen molar-refractivity contribution in [3.63, 3.8) is 0 Å². The van der Waals surface area contributed by atoms with E-state index >= 15 is 0 Å². The Balaban J connectivity index is 1.90. The molecule has 28 heavy (non-hydrogen) atoms. The van der Waals surface area contributed by atoms with E-state index in [2.05, 4.69) is 10.6 Å². The number of rotatable bonds is 10. The van der Waals surface area contributed by atoms with Gasteiger partial charge in [0.15, 0.2) is 0 Å². The fourth-order valence-electron chi connectivity index (χ4n) is 2.89. The van der Waals surface area contributed by atoms with Crippen molar-refractivity contribution in [2.75, 3.05) is 12.3 Å². The van der Waals surface area contributed by atoms with Crippen molar-refractivity contribution < 1.29 is 19.5 Å². The molecule has 1 fully saturated rings. The van der Waals surface area contributed by atoms with Crippen LogP contribution in [0.1, 0.15) is 37.7 Å². The predicted octanol–water partition coefficient (Wildman–Crippen LogP) is 1.69. The molecule has 0 bridgehead atoms. The number of phenols is 1. The third-order valence-electron chi connectivity index (χ3n) is 4.50. The minimum Gasteiger partial charge on any atom is -0.507 e. The Morgan fingerprint density at radius 3 is 2.79 bits per heavy atom. The van der Waals surface area contributed by atoms with Gasteiger partial charge in [-0.15, -0.1) is 0 Å². The monoisotopic (exact) mass is 519 g/mol. The molecular formula is C19H26IN3O4S. The molecule has 1 saturated heterocycles. The predicted molar refractivity (Wildman–Crippen MR) is 118 cm³/mol. The van der Waals surface area contributed by atoms with Crippen LogP contribution in [0.25, 0.3) is 0 Å². The highest BCUT2D eigenvalue weighted by molar-refractivity contribution is 14.1. The largest absolute Gasteiger partial charge is 0.507 e. The van der Waals surface area contributed by atoms with E-state index in [0.717, 1.165) is 22.0 Å². The fraction of sp³-hybridized carbons (Fsp3) is 0.526. The molecule has 5 N–H and O–H groups in total. The second-order valence-corrected chi connectivity index (χ2v) is 8.97. The molecule has 154 valence electrons. The maximum Gasteiger partial charge on any atom is 0.243 e. The Bertz CT molecular complexity index is 716. The van der Waals surface area contributed by atoms with Crippen molar-refractivity contribution >= 4 is 51.3 Å². The molecule has 7 nitrogen and oxygen atoms in total. The number of carbonyl (C=O) groups excluding carboxylic acids is 3. The lowest BCUT2D eigenvalue weighted by molar-refractivity contribution is -0.130. The van der Waals surface area contributed by atoms with Crippen molar-refractivity contribution in [3.8, 4) is 5.75 Å². The van der Waals surface area contributed by atoms with E-state index < -0.39 is 12.1 Å². The Kier molecular flexibility index (Phi) is 9.52. The molecule has 0 unspecified atom stereocenters. The highest BCUT2D eigenvalue weighted by Gasteiger charge is 2.29. The first kappa shape index (κ1) is 23.0. The average molecular weight is 519 g/mol. The first-order chi connectivity index (χ1) is 13.4. The number of halogens is 1. The number of nitrogens with two attached hydrogens (primary N) is 1. The summed E-state index contributed by atoms with van der Waals surface area (Å²) in [5.74, 6) is 0.387. The first-order valence-electron chi connectivity index (χ1n) is 9.34. The first-order valence-corrected chi connectivity index (χ1v) is 11.4. The van der Waals surface area contributed by atoms with Gasteiger partial charge in [0.2, 0.25) is 16.9 Å². The number of benzene rings is 1. The lowest BCUT2D eigenvalue weighted by Gasteiger charge is -2.20. The van der Waals surface area contributed by atoms with Gasteiger partial charge < -0.3 is 21.5 Å². The summed E-state index contributed by atoms with van der Waals surface area (Å²) in [5.41, 5.74) is 6.46. The van der Waals surface area contributed by atoms with Crippen LogP contribution in [0, 0.1) is 3.57 Å². The minimum atomic E-state index is -0.669. The van der Waals surface area contributed by atoms with Gasteiger partial charge >= 0.3 is 0 Å². The SMILES string of the molecule is NCCCC[C@H](NC(=O)CCc1ccc(O)c(I)c1)C(=O)N[C@H]1CCSC1=O. The zero-order chi connectivity index (χ0) is 20.5. The van der Waals surface area contributed by atoms with Gasteiger partial charge in [-0.05, 0) is 78.9 Å². The topological polar surface area (TPSA) is 122 Å². The highest BCUT2D eigenvalue weighted by Crippen LogP contribution is 2.21. The summed E-state index contributed by atoms with van der Waals surface area (Å²) in [4.78, 5) is 36.7. The summed E-state index contributed by atoms with van der Waals surface area (Å²) in [6, 6.07) is 4.08. The number of aryl methyl sites for hydroxylation is 1. The average Bonchev–Trinajstić information content (AvgIpc) is 3.06. The quantitative estimate of drug-likeness (QED) is 0.276. The second kappa shape index (κ2) is 11.6. The zero-order valence-electron chi connectivity index (χ0n) is 15.6.